The van der Waals surface area contributed by atoms with Crippen molar-refractivity contribution in [3.63, 3.8) is 0 Å². The number of aryl methyl sites for hydroxylation is 2. The standard InChI is InChI=1S/C32H33N3O5S/c1-7-39-26-14-13-22(16-27(26)40-8-2)29-24(31(37)38-6)18-33-32-35(29)30(36)28(41-32)17-23-15-20(4)34(21(23)5)25-12-10-9-11-19(25)3/h9-18,29H,7-8H2,1-6H3/b28-17-/t29-/m0/s1. The summed E-state index contributed by atoms with van der Waals surface area (Å²) in [6, 6.07) is 15.0. The van der Waals surface area contributed by atoms with Gasteiger partial charge in [-0.05, 0) is 81.7 Å². The summed E-state index contributed by atoms with van der Waals surface area (Å²) in [7, 11) is 1.32. The lowest BCUT2D eigenvalue weighted by Gasteiger charge is -2.23. The van der Waals surface area contributed by atoms with Crippen LogP contribution >= 0.6 is 11.3 Å². The van der Waals surface area contributed by atoms with Gasteiger partial charge in [0.15, 0.2) is 16.3 Å². The normalized spacial score (nSPS) is 14.7. The zero-order chi connectivity index (χ0) is 29.3. The van der Waals surface area contributed by atoms with Crippen molar-refractivity contribution in [3.8, 4) is 17.2 Å². The van der Waals surface area contributed by atoms with E-state index in [1.165, 1.54) is 24.6 Å². The Balaban J connectivity index is 1.67. The SMILES string of the molecule is CCOc1ccc([C@H]2C(C(=O)OC)=CN=c3s/c(=C\c4cc(C)n(-c5ccccc5C)c4C)c(=O)n32)cc1OCC. The number of carbonyl (C=O) groups is 1. The number of methoxy groups -OCH3 is 1. The fraction of sp³-hybridized carbons (Fsp3) is 0.281. The molecule has 2 aromatic carbocycles. The van der Waals surface area contributed by atoms with Crippen LogP contribution in [0.1, 0.15) is 48.0 Å². The molecule has 0 aliphatic carbocycles. The number of nitrogens with zero attached hydrogens (tertiary/aromatic N) is 3. The second-order valence-corrected chi connectivity index (χ2v) is 10.7. The van der Waals surface area contributed by atoms with E-state index in [0.29, 0.717) is 39.6 Å². The number of hydrogen-bond donors (Lipinski definition) is 0. The molecule has 0 saturated heterocycles. The first-order valence-electron chi connectivity index (χ1n) is 13.5. The minimum absolute atomic E-state index is 0.235. The highest BCUT2D eigenvalue weighted by Gasteiger charge is 2.31. The van der Waals surface area contributed by atoms with Crippen LogP contribution in [0.3, 0.4) is 0 Å². The molecular formula is C32H33N3O5S. The number of esters is 1. The van der Waals surface area contributed by atoms with Crippen LogP contribution in [-0.4, -0.2) is 35.4 Å². The zero-order valence-electron chi connectivity index (χ0n) is 24.1. The minimum atomic E-state index is -0.741. The predicted octanol–water partition coefficient (Wildman–Crippen LogP) is 4.53. The molecule has 0 spiro atoms. The molecule has 5 rings (SSSR count). The molecule has 0 fully saturated rings. The van der Waals surface area contributed by atoms with Gasteiger partial charge in [-0.3, -0.25) is 9.36 Å². The summed E-state index contributed by atoms with van der Waals surface area (Å²) in [5.41, 5.74) is 6.02. The maximum absolute atomic E-state index is 14.0. The van der Waals surface area contributed by atoms with Crippen molar-refractivity contribution < 1.29 is 19.0 Å². The first-order valence-corrected chi connectivity index (χ1v) is 14.3. The first-order chi connectivity index (χ1) is 19.8. The van der Waals surface area contributed by atoms with Crippen LogP contribution in [0.5, 0.6) is 11.5 Å². The van der Waals surface area contributed by atoms with Crippen molar-refractivity contribution in [2.24, 2.45) is 4.99 Å². The van der Waals surface area contributed by atoms with Crippen LogP contribution < -0.4 is 24.4 Å². The van der Waals surface area contributed by atoms with Crippen molar-refractivity contribution in [2.75, 3.05) is 20.3 Å². The van der Waals surface area contributed by atoms with Crippen LogP contribution in [-0.2, 0) is 9.53 Å². The van der Waals surface area contributed by atoms with Crippen molar-refractivity contribution >= 4 is 23.4 Å². The number of fused-ring (bicyclic) bond motifs is 1. The number of thiazole rings is 1. The summed E-state index contributed by atoms with van der Waals surface area (Å²) >= 11 is 1.29. The van der Waals surface area contributed by atoms with E-state index in [0.717, 1.165) is 28.2 Å². The van der Waals surface area contributed by atoms with E-state index in [9.17, 15) is 9.59 Å². The Bertz CT molecular complexity index is 1840. The topological polar surface area (TPSA) is 84.0 Å². The average molecular weight is 572 g/mol. The lowest BCUT2D eigenvalue weighted by molar-refractivity contribution is -0.136. The van der Waals surface area contributed by atoms with Crippen molar-refractivity contribution in [3.05, 3.63) is 108 Å². The van der Waals surface area contributed by atoms with Gasteiger partial charge in [0.2, 0.25) is 0 Å². The molecule has 212 valence electrons. The molecule has 1 aliphatic heterocycles. The fourth-order valence-corrected chi connectivity index (χ4v) is 6.21. The number of ether oxygens (including phenoxy) is 3. The van der Waals surface area contributed by atoms with Crippen LogP contribution in [0.2, 0.25) is 0 Å². The van der Waals surface area contributed by atoms with Crippen LogP contribution in [0, 0.1) is 20.8 Å². The average Bonchev–Trinajstić information content (AvgIpc) is 3.43. The number of carbonyl (C=O) groups excluding carboxylic acids is 1. The minimum Gasteiger partial charge on any atom is -0.490 e. The predicted molar refractivity (Wildman–Crippen MR) is 160 cm³/mol. The van der Waals surface area contributed by atoms with Gasteiger partial charge >= 0.3 is 5.97 Å². The third kappa shape index (κ3) is 5.13. The Labute approximate surface area is 242 Å². The van der Waals surface area contributed by atoms with E-state index in [4.69, 9.17) is 14.2 Å². The number of hydrogen-bond acceptors (Lipinski definition) is 7. The number of rotatable bonds is 8. The molecule has 1 atom stereocenters. The Morgan fingerprint density at radius 3 is 2.46 bits per heavy atom. The van der Waals surface area contributed by atoms with Crippen LogP contribution in [0.4, 0.5) is 0 Å². The molecule has 0 radical (unpaired) electrons. The van der Waals surface area contributed by atoms with Crippen molar-refractivity contribution in [1.29, 1.82) is 0 Å². The van der Waals surface area contributed by atoms with Gasteiger partial charge in [0.05, 0.1) is 36.5 Å². The van der Waals surface area contributed by atoms with E-state index < -0.39 is 12.0 Å². The molecule has 2 aromatic heterocycles. The van der Waals surface area contributed by atoms with Gasteiger partial charge in [-0.1, -0.05) is 35.6 Å². The Morgan fingerprint density at radius 1 is 1.02 bits per heavy atom. The molecular weight excluding hydrogens is 538 g/mol. The maximum Gasteiger partial charge on any atom is 0.337 e. The number of aromatic nitrogens is 2. The van der Waals surface area contributed by atoms with Crippen molar-refractivity contribution in [1.82, 2.24) is 9.13 Å². The summed E-state index contributed by atoms with van der Waals surface area (Å²) in [5, 5.41) is 0. The van der Waals surface area contributed by atoms with Gasteiger partial charge in [-0.15, -0.1) is 0 Å². The molecule has 0 saturated carbocycles. The highest BCUT2D eigenvalue weighted by Crippen LogP contribution is 2.35. The summed E-state index contributed by atoms with van der Waals surface area (Å²) in [6.45, 7) is 10.9. The molecule has 0 bridgehead atoms. The third-order valence-corrected chi connectivity index (χ3v) is 8.12. The first kappa shape index (κ1) is 28.2. The monoisotopic (exact) mass is 571 g/mol. The van der Waals surface area contributed by atoms with Gasteiger partial charge in [-0.25, -0.2) is 9.79 Å². The Morgan fingerprint density at radius 2 is 1.76 bits per heavy atom. The molecule has 8 nitrogen and oxygen atoms in total. The largest absolute Gasteiger partial charge is 0.490 e. The van der Waals surface area contributed by atoms with Gasteiger partial charge in [0.1, 0.15) is 0 Å². The molecule has 0 amide bonds. The molecule has 9 heteroatoms. The highest BCUT2D eigenvalue weighted by atomic mass is 32.1. The Hall–Kier alpha value is -4.37. The molecule has 3 heterocycles. The van der Waals surface area contributed by atoms with Crippen molar-refractivity contribution in [2.45, 2.75) is 40.7 Å². The summed E-state index contributed by atoms with van der Waals surface area (Å²) in [4.78, 5) is 31.9. The van der Waals surface area contributed by atoms with Gasteiger partial charge in [0, 0.05) is 23.3 Å². The summed E-state index contributed by atoms with van der Waals surface area (Å²) in [5.74, 6) is 0.582. The van der Waals surface area contributed by atoms with Gasteiger partial charge in [0.25, 0.3) is 5.56 Å². The van der Waals surface area contributed by atoms with E-state index in [2.05, 4.69) is 48.5 Å². The number of para-hydroxylation sites is 1. The molecule has 41 heavy (non-hydrogen) atoms. The molecule has 1 aliphatic rings. The van der Waals surface area contributed by atoms with E-state index in [1.54, 1.807) is 10.6 Å². The summed E-state index contributed by atoms with van der Waals surface area (Å²) < 4.78 is 20.9. The maximum atomic E-state index is 14.0. The fourth-order valence-electron chi connectivity index (χ4n) is 5.25. The van der Waals surface area contributed by atoms with E-state index in [-0.39, 0.29) is 11.1 Å². The van der Waals surface area contributed by atoms with E-state index in [1.807, 2.05) is 44.2 Å². The smallest absolute Gasteiger partial charge is 0.337 e. The highest BCUT2D eigenvalue weighted by molar-refractivity contribution is 7.07. The van der Waals surface area contributed by atoms with Gasteiger partial charge < -0.3 is 18.8 Å². The molecule has 0 unspecified atom stereocenters. The molecule has 4 aromatic rings. The van der Waals surface area contributed by atoms with E-state index >= 15 is 0 Å². The third-order valence-electron chi connectivity index (χ3n) is 7.12. The summed E-state index contributed by atoms with van der Waals surface area (Å²) in [6.07, 6.45) is 3.40. The Kier molecular flexibility index (Phi) is 7.99. The second kappa shape index (κ2) is 11.6. The quantitative estimate of drug-likeness (QED) is 0.290. The zero-order valence-corrected chi connectivity index (χ0v) is 24.9. The van der Waals surface area contributed by atoms with Crippen LogP contribution in [0.25, 0.3) is 11.8 Å². The number of benzene rings is 2. The second-order valence-electron chi connectivity index (χ2n) is 9.70. The molecule has 0 N–H and O–H groups in total. The lowest BCUT2D eigenvalue weighted by Crippen LogP contribution is -2.39. The van der Waals surface area contributed by atoms with Crippen LogP contribution in [0.15, 0.2) is 70.1 Å². The van der Waals surface area contributed by atoms with Gasteiger partial charge in [-0.2, -0.15) is 0 Å². The lowest BCUT2D eigenvalue weighted by atomic mass is 9.97.